The molecule has 1 amide bonds. The van der Waals surface area contributed by atoms with Gasteiger partial charge in [-0.3, -0.25) is 9.59 Å². The molecular formula is C16H17NO3S. The molecule has 0 saturated heterocycles. The highest BCUT2D eigenvalue weighted by Crippen LogP contribution is 2.22. The zero-order valence-corrected chi connectivity index (χ0v) is 12.7. The van der Waals surface area contributed by atoms with Gasteiger partial charge in [-0.15, -0.1) is 11.3 Å². The lowest BCUT2D eigenvalue weighted by Gasteiger charge is -2.17. The second-order valence-electron chi connectivity index (χ2n) is 4.87. The summed E-state index contributed by atoms with van der Waals surface area (Å²) in [6.45, 7) is 3.86. The molecule has 0 radical (unpaired) electrons. The van der Waals surface area contributed by atoms with Crippen molar-refractivity contribution in [3.8, 4) is 0 Å². The molecule has 2 N–H and O–H groups in total. The van der Waals surface area contributed by atoms with Crippen LogP contribution in [0.4, 0.5) is 0 Å². The zero-order chi connectivity index (χ0) is 15.4. The highest BCUT2D eigenvalue weighted by molar-refractivity contribution is 7.10. The van der Waals surface area contributed by atoms with Crippen LogP contribution in [0.1, 0.15) is 38.8 Å². The quantitative estimate of drug-likeness (QED) is 0.890. The van der Waals surface area contributed by atoms with Gasteiger partial charge >= 0.3 is 5.97 Å². The first kappa shape index (κ1) is 15.3. The molecule has 2 aromatic rings. The normalized spacial score (nSPS) is 11.9. The van der Waals surface area contributed by atoms with Crippen LogP contribution >= 0.6 is 11.3 Å². The van der Waals surface area contributed by atoms with Crippen molar-refractivity contribution in [2.75, 3.05) is 0 Å². The smallest absolute Gasteiger partial charge is 0.305 e. The Bertz CT molecular complexity index is 649. The Labute approximate surface area is 127 Å². The number of amides is 1. The van der Waals surface area contributed by atoms with Crippen molar-refractivity contribution >= 4 is 23.2 Å². The molecule has 2 rings (SSSR count). The van der Waals surface area contributed by atoms with E-state index in [9.17, 15) is 9.59 Å². The maximum Gasteiger partial charge on any atom is 0.305 e. The van der Waals surface area contributed by atoms with Crippen molar-refractivity contribution in [1.29, 1.82) is 0 Å². The van der Waals surface area contributed by atoms with Crippen LogP contribution in [0.3, 0.4) is 0 Å². The first-order valence-corrected chi connectivity index (χ1v) is 7.49. The summed E-state index contributed by atoms with van der Waals surface area (Å²) >= 11 is 1.52. The largest absolute Gasteiger partial charge is 0.481 e. The maximum atomic E-state index is 12.3. The summed E-state index contributed by atoms with van der Waals surface area (Å²) in [7, 11) is 0. The molecule has 4 nitrogen and oxygen atoms in total. The first-order valence-electron chi connectivity index (χ1n) is 6.61. The third kappa shape index (κ3) is 3.70. The average molecular weight is 303 g/mol. The molecule has 1 aromatic heterocycles. The van der Waals surface area contributed by atoms with E-state index < -0.39 is 12.0 Å². The van der Waals surface area contributed by atoms with Crippen molar-refractivity contribution in [3.05, 3.63) is 57.3 Å². The topological polar surface area (TPSA) is 66.4 Å². The summed E-state index contributed by atoms with van der Waals surface area (Å²) in [6.07, 6.45) is -0.141. The Balaban J connectivity index is 2.21. The standard InChI is InChI=1S/C16H17NO3S/c1-10-11(2)21-9-13(10)16(20)17-14(8-15(18)19)12-6-4-3-5-7-12/h3-7,9,14H,8H2,1-2H3,(H,17,20)(H,18,19). The number of nitrogens with one attached hydrogen (secondary N) is 1. The van der Waals surface area contributed by atoms with Gasteiger partial charge in [0, 0.05) is 10.3 Å². The fraction of sp³-hybridized carbons (Fsp3) is 0.250. The van der Waals surface area contributed by atoms with Gasteiger partial charge in [0.1, 0.15) is 0 Å². The van der Waals surface area contributed by atoms with E-state index in [4.69, 9.17) is 5.11 Å². The number of carboxylic acids is 1. The van der Waals surface area contributed by atoms with Crippen LogP contribution in [0.15, 0.2) is 35.7 Å². The molecule has 21 heavy (non-hydrogen) atoms. The van der Waals surface area contributed by atoms with Crippen molar-refractivity contribution in [2.45, 2.75) is 26.3 Å². The van der Waals surface area contributed by atoms with E-state index in [1.165, 1.54) is 11.3 Å². The predicted molar refractivity (Wildman–Crippen MR) is 82.7 cm³/mol. The lowest BCUT2D eigenvalue weighted by atomic mass is 10.0. The molecule has 5 heteroatoms. The predicted octanol–water partition coefficient (Wildman–Crippen LogP) is 3.31. The van der Waals surface area contributed by atoms with Crippen molar-refractivity contribution in [2.24, 2.45) is 0 Å². The zero-order valence-electron chi connectivity index (χ0n) is 11.9. The number of thiophene rings is 1. The number of benzene rings is 1. The summed E-state index contributed by atoms with van der Waals surface area (Å²) in [5, 5.41) is 13.7. The highest BCUT2D eigenvalue weighted by Gasteiger charge is 2.20. The van der Waals surface area contributed by atoms with Crippen molar-refractivity contribution in [3.63, 3.8) is 0 Å². The SMILES string of the molecule is Cc1scc(C(=O)NC(CC(=O)O)c2ccccc2)c1C. The lowest BCUT2D eigenvalue weighted by molar-refractivity contribution is -0.137. The molecule has 0 fully saturated rings. The van der Waals surface area contributed by atoms with E-state index in [0.29, 0.717) is 5.56 Å². The van der Waals surface area contributed by atoms with E-state index >= 15 is 0 Å². The highest BCUT2D eigenvalue weighted by atomic mass is 32.1. The molecule has 110 valence electrons. The average Bonchev–Trinajstić information content (AvgIpc) is 2.79. The van der Waals surface area contributed by atoms with Crippen LogP contribution < -0.4 is 5.32 Å². The first-order chi connectivity index (χ1) is 9.99. The molecule has 1 unspecified atom stereocenters. The lowest BCUT2D eigenvalue weighted by Crippen LogP contribution is -2.30. The Morgan fingerprint density at radius 1 is 1.24 bits per heavy atom. The van der Waals surface area contributed by atoms with Gasteiger partial charge in [0.15, 0.2) is 0 Å². The Morgan fingerprint density at radius 3 is 2.43 bits per heavy atom. The Morgan fingerprint density at radius 2 is 1.90 bits per heavy atom. The molecule has 0 spiro atoms. The summed E-state index contributed by atoms with van der Waals surface area (Å²) in [6, 6.07) is 8.62. The van der Waals surface area contributed by atoms with E-state index in [1.807, 2.05) is 49.6 Å². The molecule has 0 aliphatic heterocycles. The Kier molecular flexibility index (Phi) is 4.75. The minimum atomic E-state index is -0.942. The molecule has 1 heterocycles. The molecule has 0 aliphatic rings. The molecule has 1 aromatic carbocycles. The van der Waals surface area contributed by atoms with E-state index in [0.717, 1.165) is 16.0 Å². The number of hydrogen-bond acceptors (Lipinski definition) is 3. The van der Waals surface area contributed by atoms with Gasteiger partial charge in [-0.05, 0) is 25.0 Å². The Hall–Kier alpha value is -2.14. The number of carboxylic acid groups (broad SMARTS) is 1. The van der Waals surface area contributed by atoms with Gasteiger partial charge in [-0.1, -0.05) is 30.3 Å². The van der Waals surface area contributed by atoms with Gasteiger partial charge in [0.2, 0.25) is 0 Å². The third-order valence-electron chi connectivity index (χ3n) is 3.42. The van der Waals surface area contributed by atoms with Gasteiger partial charge in [0.25, 0.3) is 5.91 Å². The molecule has 0 saturated carbocycles. The van der Waals surface area contributed by atoms with Gasteiger partial charge in [-0.2, -0.15) is 0 Å². The summed E-state index contributed by atoms with van der Waals surface area (Å²) in [5.74, 6) is -1.17. The van der Waals surface area contributed by atoms with Crippen molar-refractivity contribution in [1.82, 2.24) is 5.32 Å². The van der Waals surface area contributed by atoms with E-state index in [2.05, 4.69) is 5.32 Å². The second-order valence-corrected chi connectivity index (χ2v) is 5.95. The number of hydrogen-bond donors (Lipinski definition) is 2. The molecular weight excluding hydrogens is 286 g/mol. The number of carbonyl (C=O) groups is 2. The van der Waals surface area contributed by atoms with Crippen LogP contribution in [0.2, 0.25) is 0 Å². The fourth-order valence-corrected chi connectivity index (χ4v) is 2.95. The van der Waals surface area contributed by atoms with Crippen LogP contribution in [0.5, 0.6) is 0 Å². The minimum Gasteiger partial charge on any atom is -0.481 e. The third-order valence-corrected chi connectivity index (χ3v) is 4.43. The van der Waals surface area contributed by atoms with Gasteiger partial charge in [-0.25, -0.2) is 0 Å². The van der Waals surface area contributed by atoms with E-state index in [-0.39, 0.29) is 12.3 Å². The number of aryl methyl sites for hydroxylation is 1. The van der Waals surface area contributed by atoms with Gasteiger partial charge in [0.05, 0.1) is 18.0 Å². The van der Waals surface area contributed by atoms with Crippen LogP contribution in [0, 0.1) is 13.8 Å². The van der Waals surface area contributed by atoms with E-state index in [1.54, 1.807) is 0 Å². The maximum absolute atomic E-state index is 12.3. The monoisotopic (exact) mass is 303 g/mol. The van der Waals surface area contributed by atoms with Crippen LogP contribution in [-0.4, -0.2) is 17.0 Å². The van der Waals surface area contributed by atoms with Gasteiger partial charge < -0.3 is 10.4 Å². The minimum absolute atomic E-state index is 0.141. The van der Waals surface area contributed by atoms with Crippen molar-refractivity contribution < 1.29 is 14.7 Å². The molecule has 0 bridgehead atoms. The van der Waals surface area contributed by atoms with Crippen LogP contribution in [-0.2, 0) is 4.79 Å². The van der Waals surface area contributed by atoms with Crippen LogP contribution in [0.25, 0.3) is 0 Å². The molecule has 0 aliphatic carbocycles. The summed E-state index contributed by atoms with van der Waals surface area (Å²) in [5.41, 5.74) is 2.35. The number of aliphatic carboxylic acids is 1. The summed E-state index contributed by atoms with van der Waals surface area (Å²) in [4.78, 5) is 24.5. The summed E-state index contributed by atoms with van der Waals surface area (Å²) < 4.78 is 0. The molecule has 1 atom stereocenters. The number of carbonyl (C=O) groups excluding carboxylic acids is 1. The number of rotatable bonds is 5. The second kappa shape index (κ2) is 6.54. The fourth-order valence-electron chi connectivity index (χ4n) is 2.09.